The minimum Gasteiger partial charge on any atom is -0.508 e. The molecule has 1 aromatic carbocycles. The summed E-state index contributed by atoms with van der Waals surface area (Å²) in [5.74, 6) is -0.00446. The number of nitrogens with zero attached hydrogens (tertiary/aromatic N) is 2. The van der Waals surface area contributed by atoms with E-state index in [-0.39, 0.29) is 11.5 Å². The van der Waals surface area contributed by atoms with Crippen molar-refractivity contribution >= 4 is 11.6 Å². The molecule has 2 rings (SSSR count). The van der Waals surface area contributed by atoms with Gasteiger partial charge in [0, 0.05) is 17.3 Å². The van der Waals surface area contributed by atoms with Crippen molar-refractivity contribution in [2.24, 2.45) is 5.10 Å². The number of amides is 1. The zero-order chi connectivity index (χ0) is 18.4. The van der Waals surface area contributed by atoms with Gasteiger partial charge in [0.25, 0.3) is 5.91 Å². The van der Waals surface area contributed by atoms with Crippen molar-refractivity contribution in [3.8, 4) is 17.2 Å². The molecule has 132 valence electrons. The van der Waals surface area contributed by atoms with E-state index in [2.05, 4.69) is 15.5 Å². The van der Waals surface area contributed by atoms with Crippen LogP contribution in [0.4, 0.5) is 0 Å². The van der Waals surface area contributed by atoms with E-state index in [4.69, 9.17) is 4.74 Å². The topological polar surface area (TPSA) is 104 Å². The maximum absolute atomic E-state index is 12.1. The highest BCUT2D eigenvalue weighted by Gasteiger charge is 2.16. The molecule has 7 nitrogen and oxygen atoms in total. The fourth-order valence-corrected chi connectivity index (χ4v) is 2.14. The minimum absolute atomic E-state index is 0.000712. The van der Waals surface area contributed by atoms with Gasteiger partial charge < -0.3 is 14.9 Å². The van der Waals surface area contributed by atoms with Gasteiger partial charge in [0.05, 0.1) is 11.9 Å². The van der Waals surface area contributed by atoms with Gasteiger partial charge in [-0.1, -0.05) is 6.92 Å². The second-order valence-electron chi connectivity index (χ2n) is 5.44. The first kappa shape index (κ1) is 18.3. The zero-order valence-corrected chi connectivity index (χ0v) is 14.4. The lowest BCUT2D eigenvalue weighted by Gasteiger charge is -2.14. The molecule has 0 saturated heterocycles. The highest BCUT2D eigenvalue weighted by Crippen LogP contribution is 2.30. The van der Waals surface area contributed by atoms with Crippen LogP contribution in [0.25, 0.3) is 0 Å². The number of ether oxygens (including phenoxy) is 1. The number of pyridine rings is 1. The molecule has 0 aliphatic carbocycles. The molecule has 0 fully saturated rings. The molecule has 25 heavy (non-hydrogen) atoms. The number of carbonyl (C=O) groups excluding carboxylic acids is 1. The number of hydrazone groups is 1. The number of benzene rings is 1. The molecule has 1 aromatic heterocycles. The van der Waals surface area contributed by atoms with E-state index in [0.29, 0.717) is 29.0 Å². The molecule has 1 amide bonds. The molecule has 1 unspecified atom stereocenters. The number of aromatic nitrogens is 1. The van der Waals surface area contributed by atoms with Crippen LogP contribution in [0.2, 0.25) is 0 Å². The summed E-state index contributed by atoms with van der Waals surface area (Å²) in [7, 11) is 0. The summed E-state index contributed by atoms with van der Waals surface area (Å²) in [5, 5.41) is 23.9. The van der Waals surface area contributed by atoms with Gasteiger partial charge in [0.2, 0.25) is 0 Å². The molecule has 1 heterocycles. The fraction of sp³-hybridized carbons (Fsp3) is 0.278. The smallest absolute Gasteiger partial charge is 0.280 e. The number of nitrogens with one attached hydrogen (secondary N) is 1. The molecular formula is C18H21N3O4. The van der Waals surface area contributed by atoms with Gasteiger partial charge in [-0.2, -0.15) is 5.10 Å². The van der Waals surface area contributed by atoms with E-state index in [0.717, 1.165) is 0 Å². The Hall–Kier alpha value is -3.09. The van der Waals surface area contributed by atoms with Crippen molar-refractivity contribution in [2.75, 3.05) is 0 Å². The average Bonchev–Trinajstić information content (AvgIpc) is 2.62. The third-order valence-corrected chi connectivity index (χ3v) is 3.67. The van der Waals surface area contributed by atoms with E-state index in [1.165, 1.54) is 12.3 Å². The Morgan fingerprint density at radius 3 is 2.76 bits per heavy atom. The minimum atomic E-state index is -0.763. The van der Waals surface area contributed by atoms with E-state index in [1.54, 1.807) is 38.2 Å². The van der Waals surface area contributed by atoms with Crippen LogP contribution in [0, 0.1) is 6.92 Å². The number of hydrogen-bond donors (Lipinski definition) is 3. The Morgan fingerprint density at radius 1 is 1.36 bits per heavy atom. The third kappa shape index (κ3) is 4.47. The first-order valence-electron chi connectivity index (χ1n) is 7.89. The van der Waals surface area contributed by atoms with E-state index >= 15 is 0 Å². The maximum Gasteiger partial charge on any atom is 0.280 e. The Balaban J connectivity index is 2.10. The molecule has 0 bridgehead atoms. The monoisotopic (exact) mass is 343 g/mol. The number of phenolic OH excluding ortho intramolecular Hbond substituents is 2. The van der Waals surface area contributed by atoms with Crippen LogP contribution in [0.3, 0.4) is 0 Å². The summed E-state index contributed by atoms with van der Waals surface area (Å²) in [5.41, 5.74) is 3.75. The molecule has 0 aliphatic rings. The van der Waals surface area contributed by atoms with Gasteiger partial charge in [0.15, 0.2) is 6.10 Å². The molecule has 1 atom stereocenters. The highest BCUT2D eigenvalue weighted by molar-refractivity contribution is 6.03. The van der Waals surface area contributed by atoms with E-state index < -0.39 is 12.0 Å². The van der Waals surface area contributed by atoms with Gasteiger partial charge >= 0.3 is 0 Å². The zero-order valence-electron chi connectivity index (χ0n) is 14.4. The highest BCUT2D eigenvalue weighted by atomic mass is 16.5. The summed E-state index contributed by atoms with van der Waals surface area (Å²) >= 11 is 0. The molecule has 0 aliphatic heterocycles. The lowest BCUT2D eigenvalue weighted by molar-refractivity contribution is -0.127. The Bertz CT molecular complexity index is 775. The molecule has 0 spiro atoms. The lowest BCUT2D eigenvalue weighted by Crippen LogP contribution is -2.34. The van der Waals surface area contributed by atoms with Gasteiger partial charge in [-0.25, -0.2) is 5.43 Å². The summed E-state index contributed by atoms with van der Waals surface area (Å²) in [6.07, 6.45) is 2.85. The second kappa shape index (κ2) is 8.14. The number of carbonyl (C=O) groups is 1. The molecule has 0 saturated carbocycles. The summed E-state index contributed by atoms with van der Waals surface area (Å²) in [6, 6.07) is 6.45. The molecule has 2 aromatic rings. The fourth-order valence-electron chi connectivity index (χ4n) is 2.14. The van der Waals surface area contributed by atoms with Crippen LogP contribution >= 0.6 is 0 Å². The van der Waals surface area contributed by atoms with Crippen LogP contribution in [-0.2, 0) is 4.79 Å². The van der Waals surface area contributed by atoms with Crippen molar-refractivity contribution in [2.45, 2.75) is 33.3 Å². The summed E-state index contributed by atoms with van der Waals surface area (Å²) in [4.78, 5) is 16.1. The Kier molecular flexibility index (Phi) is 5.94. The van der Waals surface area contributed by atoms with E-state index in [9.17, 15) is 15.0 Å². The van der Waals surface area contributed by atoms with E-state index in [1.807, 2.05) is 6.92 Å². The molecule has 3 N–H and O–H groups in total. The standard InChI is InChI=1S/C18H21N3O4/c1-4-15(14-7-8-16(22)11(2)17(14)23)20-21-18(24)12(3)25-13-6-5-9-19-10-13/h5-10,12,22-23H,4H2,1-3H3,(H,21,24). The summed E-state index contributed by atoms with van der Waals surface area (Å²) < 4.78 is 5.48. The van der Waals surface area contributed by atoms with Gasteiger partial charge in [-0.05, 0) is 44.5 Å². The quantitative estimate of drug-likeness (QED) is 0.552. The number of phenols is 2. The largest absolute Gasteiger partial charge is 0.508 e. The summed E-state index contributed by atoms with van der Waals surface area (Å²) in [6.45, 7) is 5.05. The van der Waals surface area contributed by atoms with Gasteiger partial charge in [-0.3, -0.25) is 9.78 Å². The first-order chi connectivity index (χ1) is 11.9. The van der Waals surface area contributed by atoms with Crippen LogP contribution in [-0.4, -0.2) is 32.9 Å². The van der Waals surface area contributed by atoms with Crippen molar-refractivity contribution < 1.29 is 19.7 Å². The van der Waals surface area contributed by atoms with Crippen molar-refractivity contribution in [1.29, 1.82) is 0 Å². The molecule has 7 heteroatoms. The van der Waals surface area contributed by atoms with Crippen LogP contribution in [0.15, 0.2) is 41.8 Å². The third-order valence-electron chi connectivity index (χ3n) is 3.67. The number of rotatable bonds is 6. The predicted octanol–water partition coefficient (Wildman–Crippen LogP) is 2.50. The second-order valence-corrected chi connectivity index (χ2v) is 5.44. The van der Waals surface area contributed by atoms with Crippen LogP contribution in [0.5, 0.6) is 17.2 Å². The lowest BCUT2D eigenvalue weighted by atomic mass is 10.0. The maximum atomic E-state index is 12.1. The van der Waals surface area contributed by atoms with Gasteiger partial charge in [-0.15, -0.1) is 0 Å². The Morgan fingerprint density at radius 2 is 2.12 bits per heavy atom. The first-order valence-corrected chi connectivity index (χ1v) is 7.89. The molecule has 0 radical (unpaired) electrons. The normalized spacial score (nSPS) is 12.5. The van der Waals surface area contributed by atoms with Gasteiger partial charge in [0.1, 0.15) is 17.2 Å². The molecular weight excluding hydrogens is 322 g/mol. The Labute approximate surface area is 146 Å². The van der Waals surface area contributed by atoms with Crippen LogP contribution in [0.1, 0.15) is 31.4 Å². The number of hydrogen-bond acceptors (Lipinski definition) is 6. The average molecular weight is 343 g/mol. The van der Waals surface area contributed by atoms with Crippen LogP contribution < -0.4 is 10.2 Å². The van der Waals surface area contributed by atoms with Crippen molar-refractivity contribution in [3.05, 3.63) is 47.8 Å². The number of aromatic hydroxyl groups is 2. The predicted molar refractivity (Wildman–Crippen MR) is 93.8 cm³/mol. The van der Waals surface area contributed by atoms with Crippen molar-refractivity contribution in [1.82, 2.24) is 10.4 Å². The van der Waals surface area contributed by atoms with Crippen molar-refractivity contribution in [3.63, 3.8) is 0 Å². The SMILES string of the molecule is CCC(=NNC(=O)C(C)Oc1cccnc1)c1ccc(O)c(C)c1O.